The minimum Gasteiger partial charge on any atom is -0.486 e. The van der Waals surface area contributed by atoms with Gasteiger partial charge in [0.05, 0.1) is 23.9 Å². The second kappa shape index (κ2) is 10.9. The SMILES string of the molecule is CCc1nc2c(C)c(S(=O)(=O)N(C)C)c(C)nc2n1Cc1ccc(-c2ccccc2-c2c(OC(C)C)c(=O)c2=O)cc1. The van der Waals surface area contributed by atoms with Gasteiger partial charge in [-0.15, -0.1) is 0 Å². The standard InChI is InChI=1S/C32H34N4O5S/c1-8-25-34-27-19(4)31(42(39,40)35(6)7)20(5)33-32(27)36(25)17-21-13-15-22(16-14-21)23-11-9-10-12-24(23)26-28(37)29(38)30(26)41-18(2)3/h9-16,18H,8,17H2,1-7H3. The van der Waals surface area contributed by atoms with Crippen LogP contribution in [0.25, 0.3) is 33.4 Å². The molecular weight excluding hydrogens is 552 g/mol. The predicted octanol–water partition coefficient (Wildman–Crippen LogP) is 4.63. The first-order valence-corrected chi connectivity index (χ1v) is 15.3. The molecule has 0 saturated heterocycles. The molecule has 2 heterocycles. The number of imidazole rings is 1. The van der Waals surface area contributed by atoms with Crippen LogP contribution in [0.4, 0.5) is 0 Å². The topological polar surface area (TPSA) is 111 Å². The quantitative estimate of drug-likeness (QED) is 0.232. The van der Waals surface area contributed by atoms with Crippen molar-refractivity contribution in [3.63, 3.8) is 0 Å². The van der Waals surface area contributed by atoms with E-state index in [1.165, 1.54) is 18.4 Å². The molecule has 0 amide bonds. The molecule has 0 fully saturated rings. The Morgan fingerprint density at radius 1 is 0.929 bits per heavy atom. The number of ether oxygens (including phenoxy) is 1. The number of aryl methyl sites for hydroxylation is 3. The lowest BCUT2D eigenvalue weighted by molar-refractivity contribution is 0.238. The molecule has 0 bridgehead atoms. The number of pyridine rings is 1. The summed E-state index contributed by atoms with van der Waals surface area (Å²) in [4.78, 5) is 34.5. The lowest BCUT2D eigenvalue weighted by Crippen LogP contribution is -2.35. The summed E-state index contributed by atoms with van der Waals surface area (Å²) in [6, 6.07) is 15.5. The molecule has 0 aliphatic heterocycles. The van der Waals surface area contributed by atoms with E-state index in [0.717, 1.165) is 22.5 Å². The second-order valence-electron chi connectivity index (χ2n) is 10.9. The number of fused-ring (bicyclic) bond motifs is 1. The Morgan fingerprint density at radius 2 is 1.57 bits per heavy atom. The van der Waals surface area contributed by atoms with Crippen molar-refractivity contribution in [2.45, 2.75) is 58.6 Å². The summed E-state index contributed by atoms with van der Waals surface area (Å²) in [6.07, 6.45) is 0.426. The molecule has 0 spiro atoms. The predicted molar refractivity (Wildman–Crippen MR) is 164 cm³/mol. The zero-order valence-electron chi connectivity index (χ0n) is 24.8. The van der Waals surface area contributed by atoms with Crippen LogP contribution in [-0.4, -0.2) is 47.5 Å². The molecule has 0 aliphatic rings. The monoisotopic (exact) mass is 586 g/mol. The zero-order chi connectivity index (χ0) is 30.5. The molecule has 9 nitrogen and oxygen atoms in total. The van der Waals surface area contributed by atoms with Crippen molar-refractivity contribution in [3.05, 3.63) is 91.6 Å². The van der Waals surface area contributed by atoms with Gasteiger partial charge in [0.1, 0.15) is 16.2 Å². The molecule has 3 aromatic carbocycles. The lowest BCUT2D eigenvalue weighted by atomic mass is 9.91. The highest BCUT2D eigenvalue weighted by Crippen LogP contribution is 2.35. The molecule has 0 unspecified atom stereocenters. The van der Waals surface area contributed by atoms with Gasteiger partial charge in [0.25, 0.3) is 5.43 Å². The highest BCUT2D eigenvalue weighted by atomic mass is 32.2. The first kappa shape index (κ1) is 29.3. The van der Waals surface area contributed by atoms with Gasteiger partial charge in [0.2, 0.25) is 15.5 Å². The summed E-state index contributed by atoms with van der Waals surface area (Å²) in [5, 5.41) is 0. The minimum atomic E-state index is -3.68. The Kier molecular flexibility index (Phi) is 7.63. The Hall–Kier alpha value is -4.15. The Balaban J connectivity index is 1.53. The maximum Gasteiger partial charge on any atom is 0.268 e. The molecule has 0 atom stereocenters. The van der Waals surface area contributed by atoms with Crippen LogP contribution in [0.2, 0.25) is 0 Å². The van der Waals surface area contributed by atoms with Gasteiger partial charge in [-0.3, -0.25) is 9.59 Å². The van der Waals surface area contributed by atoms with Gasteiger partial charge in [0.15, 0.2) is 11.4 Å². The Bertz CT molecular complexity index is 2000. The van der Waals surface area contributed by atoms with Gasteiger partial charge >= 0.3 is 0 Å². The molecule has 5 aromatic rings. The Labute approximate surface area is 245 Å². The van der Waals surface area contributed by atoms with Crippen molar-refractivity contribution in [2.75, 3.05) is 14.1 Å². The molecule has 42 heavy (non-hydrogen) atoms. The highest BCUT2D eigenvalue weighted by Gasteiger charge is 2.28. The summed E-state index contributed by atoms with van der Waals surface area (Å²) in [6.45, 7) is 9.64. The third-order valence-corrected chi connectivity index (χ3v) is 9.47. The van der Waals surface area contributed by atoms with E-state index in [2.05, 4.69) is 0 Å². The fraction of sp³-hybridized carbons (Fsp3) is 0.312. The van der Waals surface area contributed by atoms with E-state index in [0.29, 0.717) is 46.5 Å². The molecule has 2 aromatic heterocycles. The summed E-state index contributed by atoms with van der Waals surface area (Å²) < 4.78 is 34.9. The first-order valence-electron chi connectivity index (χ1n) is 13.8. The van der Waals surface area contributed by atoms with Crippen LogP contribution < -0.4 is 15.6 Å². The van der Waals surface area contributed by atoms with E-state index >= 15 is 0 Å². The van der Waals surface area contributed by atoms with Crippen molar-refractivity contribution >= 4 is 21.2 Å². The summed E-state index contributed by atoms with van der Waals surface area (Å²) in [5.41, 5.74) is 4.84. The smallest absolute Gasteiger partial charge is 0.268 e. The van der Waals surface area contributed by atoms with Crippen LogP contribution in [0.3, 0.4) is 0 Å². The molecule has 218 valence electrons. The van der Waals surface area contributed by atoms with Gasteiger partial charge in [0, 0.05) is 26.1 Å². The molecule has 0 radical (unpaired) electrons. The molecule has 0 aliphatic carbocycles. The van der Waals surface area contributed by atoms with Gasteiger partial charge in [-0.1, -0.05) is 55.5 Å². The van der Waals surface area contributed by atoms with Crippen molar-refractivity contribution in [1.29, 1.82) is 0 Å². The van der Waals surface area contributed by atoms with Crippen LogP contribution in [0.1, 0.15) is 43.4 Å². The van der Waals surface area contributed by atoms with Crippen LogP contribution in [0.15, 0.2) is 63.0 Å². The zero-order valence-corrected chi connectivity index (χ0v) is 25.7. The van der Waals surface area contributed by atoms with E-state index < -0.39 is 20.9 Å². The molecule has 0 N–H and O–H groups in total. The molecule has 5 rings (SSSR count). The molecule has 0 saturated carbocycles. The normalized spacial score (nSPS) is 12.2. The van der Waals surface area contributed by atoms with Crippen LogP contribution in [-0.2, 0) is 23.0 Å². The lowest BCUT2D eigenvalue weighted by Gasteiger charge is -2.18. The summed E-state index contributed by atoms with van der Waals surface area (Å²) in [7, 11) is -0.664. The van der Waals surface area contributed by atoms with Crippen molar-refractivity contribution in [3.8, 4) is 28.0 Å². The van der Waals surface area contributed by atoms with Crippen LogP contribution >= 0.6 is 0 Å². The number of hydrogen-bond donors (Lipinski definition) is 0. The highest BCUT2D eigenvalue weighted by molar-refractivity contribution is 7.89. The minimum absolute atomic E-state index is 0.123. The average Bonchev–Trinajstić information content (AvgIpc) is 3.30. The van der Waals surface area contributed by atoms with E-state index in [1.807, 2.05) is 73.9 Å². The van der Waals surface area contributed by atoms with E-state index in [4.69, 9.17) is 14.7 Å². The number of benzene rings is 2. The molecular formula is C32H34N4O5S. The number of rotatable bonds is 9. The fourth-order valence-corrected chi connectivity index (χ4v) is 6.60. The van der Waals surface area contributed by atoms with Crippen LogP contribution in [0.5, 0.6) is 5.75 Å². The largest absolute Gasteiger partial charge is 0.486 e. The summed E-state index contributed by atoms with van der Waals surface area (Å²) in [5.74, 6) is 0.935. The van der Waals surface area contributed by atoms with Gasteiger partial charge in [-0.2, -0.15) is 0 Å². The molecule has 10 heteroatoms. The first-order chi connectivity index (χ1) is 19.9. The van der Waals surface area contributed by atoms with Crippen molar-refractivity contribution < 1.29 is 13.2 Å². The second-order valence-corrected chi connectivity index (χ2v) is 12.9. The van der Waals surface area contributed by atoms with E-state index in [1.54, 1.807) is 13.8 Å². The van der Waals surface area contributed by atoms with E-state index in [-0.39, 0.29) is 16.7 Å². The van der Waals surface area contributed by atoms with Gasteiger partial charge in [-0.25, -0.2) is 22.7 Å². The number of sulfonamides is 1. The summed E-state index contributed by atoms with van der Waals surface area (Å²) >= 11 is 0. The fourth-order valence-electron chi connectivity index (χ4n) is 5.33. The van der Waals surface area contributed by atoms with Crippen molar-refractivity contribution in [1.82, 2.24) is 18.8 Å². The Morgan fingerprint density at radius 3 is 2.17 bits per heavy atom. The van der Waals surface area contributed by atoms with Gasteiger partial charge < -0.3 is 9.30 Å². The number of nitrogens with zero attached hydrogens (tertiary/aromatic N) is 4. The maximum atomic E-state index is 13.0. The third kappa shape index (κ3) is 4.84. The van der Waals surface area contributed by atoms with Crippen LogP contribution in [0, 0.1) is 13.8 Å². The third-order valence-electron chi connectivity index (χ3n) is 7.39. The van der Waals surface area contributed by atoms with Gasteiger partial charge in [-0.05, 0) is 49.9 Å². The maximum absolute atomic E-state index is 13.0. The van der Waals surface area contributed by atoms with E-state index in [9.17, 15) is 18.0 Å². The number of hydrogen-bond acceptors (Lipinski definition) is 7. The van der Waals surface area contributed by atoms with Crippen molar-refractivity contribution in [2.24, 2.45) is 0 Å². The number of aromatic nitrogens is 3. The average molecular weight is 587 g/mol.